The molecular weight excluding hydrogens is 497 g/mol. The number of carbonyl (C=O) groups excluding carboxylic acids is 2. The van der Waals surface area contributed by atoms with Gasteiger partial charge in [-0.15, -0.1) is 0 Å². The van der Waals surface area contributed by atoms with Crippen LogP contribution < -0.4 is 10.9 Å². The quantitative estimate of drug-likeness (QED) is 0.346. The van der Waals surface area contributed by atoms with Crippen molar-refractivity contribution >= 4 is 23.0 Å². The number of rotatable bonds is 4. The summed E-state index contributed by atoms with van der Waals surface area (Å²) in [6, 6.07) is 2.45. The van der Waals surface area contributed by atoms with Crippen molar-refractivity contribution in [1.29, 1.82) is 0 Å². The maximum absolute atomic E-state index is 14.9. The number of nitrogens with one attached hydrogen (secondary N) is 1. The number of amides is 1. The number of ether oxygens (including phenoxy) is 2. The monoisotopic (exact) mass is 523 g/mol. The van der Waals surface area contributed by atoms with Gasteiger partial charge in [-0.25, -0.2) is 19.0 Å². The molecule has 3 aliphatic rings. The zero-order chi connectivity index (χ0) is 26.9. The molecule has 2 aromatic heterocycles. The van der Waals surface area contributed by atoms with Gasteiger partial charge in [0, 0.05) is 22.6 Å². The van der Waals surface area contributed by atoms with Crippen LogP contribution in [0.15, 0.2) is 16.9 Å². The van der Waals surface area contributed by atoms with Gasteiger partial charge in [-0.2, -0.15) is 0 Å². The highest BCUT2D eigenvalue weighted by atomic mass is 19.1. The van der Waals surface area contributed by atoms with Gasteiger partial charge >= 0.3 is 12.1 Å². The van der Waals surface area contributed by atoms with E-state index >= 15 is 0 Å². The Morgan fingerprint density at radius 2 is 2.11 bits per heavy atom. The highest BCUT2D eigenvalue weighted by molar-refractivity contribution is 5.93. The lowest BCUT2D eigenvalue weighted by Gasteiger charge is -2.31. The second kappa shape index (κ2) is 8.60. The lowest BCUT2D eigenvalue weighted by Crippen LogP contribution is -2.44. The van der Waals surface area contributed by atoms with Crippen LogP contribution in [0.25, 0.3) is 22.3 Å². The van der Waals surface area contributed by atoms with Crippen molar-refractivity contribution in [3.05, 3.63) is 61.7 Å². The predicted octanol–water partition coefficient (Wildman–Crippen LogP) is 2.23. The molecule has 0 saturated heterocycles. The molecule has 3 N–H and O–H groups in total. The molecule has 10 nitrogen and oxygen atoms in total. The molecule has 0 radical (unpaired) electrons. The molecule has 1 amide bonds. The maximum atomic E-state index is 14.9. The van der Waals surface area contributed by atoms with Crippen molar-refractivity contribution in [1.82, 2.24) is 14.9 Å². The van der Waals surface area contributed by atoms with Crippen molar-refractivity contribution < 1.29 is 33.7 Å². The number of nitrogens with zero attached hydrogens (tertiary/aromatic N) is 2. The van der Waals surface area contributed by atoms with E-state index in [0.717, 1.165) is 16.5 Å². The van der Waals surface area contributed by atoms with Crippen LogP contribution in [0.2, 0.25) is 0 Å². The number of fused-ring (bicyclic) bond motifs is 5. The third-order valence-electron chi connectivity index (χ3n) is 7.99. The van der Waals surface area contributed by atoms with Crippen LogP contribution in [0.3, 0.4) is 0 Å². The molecule has 38 heavy (non-hydrogen) atoms. The molecule has 198 valence electrons. The summed E-state index contributed by atoms with van der Waals surface area (Å²) in [6.45, 7) is 2.77. The number of hydrogen-bond acceptors (Lipinski definition) is 8. The first kappa shape index (κ1) is 24.5. The number of aliphatic hydroxyl groups is 2. The molecule has 2 aliphatic heterocycles. The second-order valence-corrected chi connectivity index (χ2v) is 9.91. The van der Waals surface area contributed by atoms with Gasteiger partial charge in [-0.3, -0.25) is 4.79 Å². The van der Waals surface area contributed by atoms with Crippen LogP contribution in [0, 0.1) is 12.7 Å². The van der Waals surface area contributed by atoms with Crippen LogP contribution in [0.5, 0.6) is 0 Å². The summed E-state index contributed by atoms with van der Waals surface area (Å²) in [5.41, 5.74) is 1.97. The first-order valence-electron chi connectivity index (χ1n) is 12.5. The molecule has 11 heteroatoms. The van der Waals surface area contributed by atoms with Crippen LogP contribution in [0.1, 0.15) is 59.2 Å². The Bertz CT molecular complexity index is 1620. The standard InChI is InChI=1S/C27H26FN3O7/c1-3-27(36)16-8-20-23-14(10-31(20)24(33)15(16)11-38-25(27)34)22-18(30-26(35)37-7-6-32)5-4-13-12(2)17(28)9-19(29-23)21(13)22/h8-9,18,32,36H,3-7,10-11H2,1-2H3,(H,30,35)/t18-,27-/m0/s1. The smallest absolute Gasteiger partial charge is 0.407 e. The number of hydrogen-bond donors (Lipinski definition) is 3. The summed E-state index contributed by atoms with van der Waals surface area (Å²) >= 11 is 0. The minimum atomic E-state index is -1.97. The SMILES string of the molecule is CC[C@@]1(O)C(=O)OCc2c1cc1n(c2=O)Cc2c-1nc1cc(F)c(C)c3c1c2[C@@H](NC(=O)OCCO)CC3. The highest BCUT2D eigenvalue weighted by Crippen LogP contribution is 2.45. The Morgan fingerprint density at radius 3 is 2.84 bits per heavy atom. The maximum Gasteiger partial charge on any atom is 0.407 e. The van der Waals surface area contributed by atoms with Crippen LogP contribution in [-0.4, -0.2) is 45.0 Å². The number of aryl methyl sites for hydroxylation is 1. The van der Waals surface area contributed by atoms with Gasteiger partial charge < -0.3 is 29.6 Å². The zero-order valence-electron chi connectivity index (χ0n) is 20.9. The minimum absolute atomic E-state index is 0.0147. The van der Waals surface area contributed by atoms with E-state index in [9.17, 15) is 23.9 Å². The number of carbonyl (C=O) groups is 2. The minimum Gasteiger partial charge on any atom is -0.458 e. The van der Waals surface area contributed by atoms with Gasteiger partial charge in [0.25, 0.3) is 5.56 Å². The molecule has 6 rings (SSSR count). The molecule has 1 aliphatic carbocycles. The summed E-state index contributed by atoms with van der Waals surface area (Å²) < 4.78 is 26.6. The molecule has 0 unspecified atom stereocenters. The van der Waals surface area contributed by atoms with E-state index in [4.69, 9.17) is 19.6 Å². The van der Waals surface area contributed by atoms with Gasteiger partial charge in [-0.1, -0.05) is 6.92 Å². The highest BCUT2D eigenvalue weighted by Gasteiger charge is 2.46. The van der Waals surface area contributed by atoms with Gasteiger partial charge in [0.2, 0.25) is 0 Å². The summed E-state index contributed by atoms with van der Waals surface area (Å²) in [5, 5.41) is 23.7. The average Bonchev–Trinajstić information content (AvgIpc) is 3.27. The number of benzene rings is 1. The topological polar surface area (TPSA) is 140 Å². The zero-order valence-corrected chi connectivity index (χ0v) is 20.9. The van der Waals surface area contributed by atoms with E-state index in [1.54, 1.807) is 19.9 Å². The fourth-order valence-corrected chi connectivity index (χ4v) is 6.02. The molecule has 0 saturated carbocycles. The fraction of sp³-hybridized carbons (Fsp3) is 0.407. The fourth-order valence-electron chi connectivity index (χ4n) is 6.02. The van der Waals surface area contributed by atoms with Crippen molar-refractivity contribution in [3.63, 3.8) is 0 Å². The number of alkyl carbamates (subject to hydrolysis) is 1. The molecule has 0 bridgehead atoms. The molecular formula is C27H26FN3O7. The molecule has 3 aromatic rings. The van der Waals surface area contributed by atoms with Gasteiger partial charge in [0.15, 0.2) is 5.60 Å². The molecule has 1 aromatic carbocycles. The van der Waals surface area contributed by atoms with Crippen molar-refractivity contribution in [3.8, 4) is 11.4 Å². The van der Waals surface area contributed by atoms with Crippen molar-refractivity contribution in [2.45, 2.75) is 57.9 Å². The first-order chi connectivity index (χ1) is 18.2. The average molecular weight is 524 g/mol. The van der Waals surface area contributed by atoms with E-state index in [2.05, 4.69) is 5.32 Å². The van der Waals surface area contributed by atoms with E-state index in [0.29, 0.717) is 40.9 Å². The molecule has 0 fully saturated rings. The lowest BCUT2D eigenvalue weighted by molar-refractivity contribution is -0.172. The summed E-state index contributed by atoms with van der Waals surface area (Å²) in [6.07, 6.45) is 0.289. The molecule has 4 heterocycles. The lowest BCUT2D eigenvalue weighted by atomic mass is 9.81. The normalized spacial score (nSPS) is 21.0. The Hall–Kier alpha value is -3.83. The molecule has 2 atom stereocenters. The number of pyridine rings is 2. The molecule has 0 spiro atoms. The first-order valence-corrected chi connectivity index (χ1v) is 12.5. The summed E-state index contributed by atoms with van der Waals surface area (Å²) in [4.78, 5) is 43.3. The van der Waals surface area contributed by atoms with E-state index in [1.165, 1.54) is 10.6 Å². The number of aliphatic hydroxyl groups excluding tert-OH is 1. The number of cyclic esters (lactones) is 1. The third-order valence-corrected chi connectivity index (χ3v) is 7.99. The summed E-state index contributed by atoms with van der Waals surface area (Å²) in [5.74, 6) is -1.21. The van der Waals surface area contributed by atoms with E-state index in [-0.39, 0.29) is 43.9 Å². The number of halogens is 1. The second-order valence-electron chi connectivity index (χ2n) is 9.91. The van der Waals surface area contributed by atoms with Crippen LogP contribution in [0.4, 0.5) is 9.18 Å². The Labute approximate surface area is 216 Å². The van der Waals surface area contributed by atoms with E-state index < -0.39 is 35.1 Å². The van der Waals surface area contributed by atoms with Crippen LogP contribution >= 0.6 is 0 Å². The van der Waals surface area contributed by atoms with Gasteiger partial charge in [-0.05, 0) is 48.9 Å². The summed E-state index contributed by atoms with van der Waals surface area (Å²) in [7, 11) is 0. The largest absolute Gasteiger partial charge is 0.458 e. The van der Waals surface area contributed by atoms with Gasteiger partial charge in [0.1, 0.15) is 19.0 Å². The van der Waals surface area contributed by atoms with Crippen molar-refractivity contribution in [2.24, 2.45) is 0 Å². The van der Waals surface area contributed by atoms with E-state index in [1.807, 2.05) is 0 Å². The predicted molar refractivity (Wildman–Crippen MR) is 132 cm³/mol. The third kappa shape index (κ3) is 3.31. The Kier molecular flexibility index (Phi) is 5.55. The number of esters is 1. The Balaban J connectivity index is 1.60. The Morgan fingerprint density at radius 1 is 1.32 bits per heavy atom. The van der Waals surface area contributed by atoms with Crippen molar-refractivity contribution in [2.75, 3.05) is 13.2 Å². The van der Waals surface area contributed by atoms with Crippen LogP contribution in [-0.2, 0) is 39.4 Å². The number of aromatic nitrogens is 2. The van der Waals surface area contributed by atoms with Gasteiger partial charge in [0.05, 0.1) is 41.7 Å².